The maximum absolute atomic E-state index is 11.7. The van der Waals surface area contributed by atoms with Gasteiger partial charge in [-0.1, -0.05) is 0 Å². The number of hydrogen-bond acceptors (Lipinski definition) is 5. The van der Waals surface area contributed by atoms with Crippen molar-refractivity contribution in [2.75, 3.05) is 20.0 Å². The molecule has 0 aliphatic heterocycles. The van der Waals surface area contributed by atoms with E-state index in [-0.39, 0.29) is 12.4 Å². The van der Waals surface area contributed by atoms with Crippen LogP contribution in [-0.4, -0.2) is 23.8 Å². The number of benzene rings is 1. The minimum Gasteiger partial charge on any atom is -0.497 e. The predicted molar refractivity (Wildman–Crippen MR) is 74.4 cm³/mol. The number of aromatic amines is 1. The molecule has 0 radical (unpaired) electrons. The summed E-state index contributed by atoms with van der Waals surface area (Å²) in [7, 11) is 3.08. The largest absolute Gasteiger partial charge is 0.497 e. The highest BCUT2D eigenvalue weighted by Gasteiger charge is 2.09. The molecule has 0 aliphatic carbocycles. The molecular formula is C13H15N3O4. The summed E-state index contributed by atoms with van der Waals surface area (Å²) in [4.78, 5) is 25.0. The topological polar surface area (TPSA) is 99.3 Å². The number of methoxy groups -OCH3 is 2. The van der Waals surface area contributed by atoms with Crippen LogP contribution in [-0.2, 0) is 6.54 Å². The number of nitrogens with two attached hydrogens (primary N) is 1. The summed E-state index contributed by atoms with van der Waals surface area (Å²) in [6, 6.07) is 6.40. The Morgan fingerprint density at radius 1 is 1.20 bits per heavy atom. The van der Waals surface area contributed by atoms with Crippen LogP contribution in [0.5, 0.6) is 11.5 Å². The third kappa shape index (κ3) is 2.66. The first-order chi connectivity index (χ1) is 9.55. The van der Waals surface area contributed by atoms with Gasteiger partial charge in [0.2, 0.25) is 0 Å². The first-order valence-electron chi connectivity index (χ1n) is 5.85. The van der Waals surface area contributed by atoms with Gasteiger partial charge >= 0.3 is 5.69 Å². The van der Waals surface area contributed by atoms with Crippen molar-refractivity contribution in [3.8, 4) is 11.5 Å². The van der Waals surface area contributed by atoms with Gasteiger partial charge in [0.25, 0.3) is 5.56 Å². The normalized spacial score (nSPS) is 10.3. The van der Waals surface area contributed by atoms with Crippen LogP contribution in [0.25, 0.3) is 0 Å². The number of anilines is 1. The second-order valence-corrected chi connectivity index (χ2v) is 4.13. The Morgan fingerprint density at radius 2 is 1.95 bits per heavy atom. The Labute approximate surface area is 114 Å². The van der Waals surface area contributed by atoms with Crippen LogP contribution in [0.1, 0.15) is 5.56 Å². The van der Waals surface area contributed by atoms with Gasteiger partial charge in [0.15, 0.2) is 0 Å². The molecule has 7 nitrogen and oxygen atoms in total. The van der Waals surface area contributed by atoms with E-state index in [1.54, 1.807) is 25.3 Å². The third-order valence-electron chi connectivity index (χ3n) is 2.89. The monoisotopic (exact) mass is 277 g/mol. The molecule has 0 saturated heterocycles. The lowest BCUT2D eigenvalue weighted by atomic mass is 10.2. The Hall–Kier alpha value is -2.70. The Balaban J connectivity index is 2.45. The Morgan fingerprint density at radius 3 is 2.55 bits per heavy atom. The fraction of sp³-hybridized carbons (Fsp3) is 0.231. The molecule has 0 unspecified atom stereocenters. The van der Waals surface area contributed by atoms with E-state index in [4.69, 9.17) is 15.2 Å². The van der Waals surface area contributed by atoms with E-state index in [1.165, 1.54) is 11.7 Å². The van der Waals surface area contributed by atoms with Gasteiger partial charge in [-0.3, -0.25) is 14.3 Å². The van der Waals surface area contributed by atoms with E-state index in [0.717, 1.165) is 11.6 Å². The highest BCUT2D eigenvalue weighted by atomic mass is 16.5. The minimum atomic E-state index is -0.562. The lowest BCUT2D eigenvalue weighted by molar-refractivity contribution is 0.390. The third-order valence-corrected chi connectivity index (χ3v) is 2.89. The minimum absolute atomic E-state index is 0.0941. The van der Waals surface area contributed by atoms with Crippen molar-refractivity contribution >= 4 is 5.82 Å². The van der Waals surface area contributed by atoms with Gasteiger partial charge in [0.1, 0.15) is 17.3 Å². The van der Waals surface area contributed by atoms with Gasteiger partial charge in [-0.25, -0.2) is 4.79 Å². The van der Waals surface area contributed by atoms with Crippen LogP contribution >= 0.6 is 0 Å². The summed E-state index contributed by atoms with van der Waals surface area (Å²) < 4.78 is 11.6. The molecule has 1 heterocycles. The predicted octanol–water partition coefficient (Wildman–Crippen LogP) is 0.184. The van der Waals surface area contributed by atoms with Crippen LogP contribution in [0.4, 0.5) is 5.82 Å². The van der Waals surface area contributed by atoms with E-state index in [0.29, 0.717) is 11.5 Å². The van der Waals surface area contributed by atoms with Crippen molar-refractivity contribution < 1.29 is 9.47 Å². The lowest BCUT2D eigenvalue weighted by Gasteiger charge is -2.13. The van der Waals surface area contributed by atoms with Crippen molar-refractivity contribution in [3.63, 3.8) is 0 Å². The molecule has 0 spiro atoms. The Kier molecular flexibility index (Phi) is 3.79. The van der Waals surface area contributed by atoms with Gasteiger partial charge in [0.05, 0.1) is 20.8 Å². The van der Waals surface area contributed by atoms with Crippen LogP contribution in [0.15, 0.2) is 33.9 Å². The molecule has 106 valence electrons. The van der Waals surface area contributed by atoms with Gasteiger partial charge in [-0.2, -0.15) is 0 Å². The number of nitrogen functional groups attached to an aromatic ring is 1. The zero-order chi connectivity index (χ0) is 14.7. The Bertz CT molecular complexity index is 733. The molecule has 0 bridgehead atoms. The number of ether oxygens (including phenoxy) is 2. The summed E-state index contributed by atoms with van der Waals surface area (Å²) in [5.41, 5.74) is 5.35. The van der Waals surface area contributed by atoms with E-state index in [9.17, 15) is 9.59 Å². The molecule has 20 heavy (non-hydrogen) atoms. The molecule has 0 saturated carbocycles. The number of rotatable bonds is 4. The van der Waals surface area contributed by atoms with Gasteiger partial charge in [0, 0.05) is 17.7 Å². The summed E-state index contributed by atoms with van der Waals surface area (Å²) in [5.74, 6) is 1.31. The second-order valence-electron chi connectivity index (χ2n) is 4.13. The average molecular weight is 277 g/mol. The zero-order valence-corrected chi connectivity index (χ0v) is 11.2. The van der Waals surface area contributed by atoms with E-state index in [2.05, 4.69) is 4.98 Å². The molecule has 0 fully saturated rings. The van der Waals surface area contributed by atoms with Gasteiger partial charge in [-0.15, -0.1) is 0 Å². The number of aromatic nitrogens is 2. The van der Waals surface area contributed by atoms with Gasteiger partial charge < -0.3 is 15.2 Å². The summed E-state index contributed by atoms with van der Waals surface area (Å²) >= 11 is 0. The average Bonchev–Trinajstić information content (AvgIpc) is 2.42. The summed E-state index contributed by atoms with van der Waals surface area (Å²) in [5, 5.41) is 0. The van der Waals surface area contributed by atoms with Crippen LogP contribution < -0.4 is 26.5 Å². The van der Waals surface area contributed by atoms with Crippen molar-refractivity contribution in [1.82, 2.24) is 9.55 Å². The molecule has 1 aromatic heterocycles. The van der Waals surface area contributed by atoms with E-state index < -0.39 is 11.2 Å². The molecule has 7 heteroatoms. The van der Waals surface area contributed by atoms with Crippen molar-refractivity contribution in [2.24, 2.45) is 0 Å². The quantitative estimate of drug-likeness (QED) is 0.830. The van der Waals surface area contributed by atoms with Crippen LogP contribution in [0, 0.1) is 0 Å². The first kappa shape index (κ1) is 13.7. The second kappa shape index (κ2) is 5.52. The molecule has 0 atom stereocenters. The van der Waals surface area contributed by atoms with Crippen molar-refractivity contribution in [3.05, 3.63) is 50.7 Å². The lowest BCUT2D eigenvalue weighted by Crippen LogP contribution is -2.31. The first-order valence-corrected chi connectivity index (χ1v) is 5.85. The zero-order valence-electron chi connectivity index (χ0n) is 11.2. The molecule has 2 aromatic rings. The smallest absolute Gasteiger partial charge is 0.330 e. The standard InChI is InChI=1S/C13H15N3O4/c1-19-9-4-3-8(10(5-9)20-2)7-16-11(14)6-12(17)15-13(16)18/h3-6H,7,14H2,1-2H3,(H,15,17,18). The molecule has 3 N–H and O–H groups in total. The highest BCUT2D eigenvalue weighted by Crippen LogP contribution is 2.25. The van der Waals surface area contributed by atoms with E-state index in [1.807, 2.05) is 0 Å². The summed E-state index contributed by atoms with van der Waals surface area (Å²) in [6.07, 6.45) is 0. The van der Waals surface area contributed by atoms with Crippen LogP contribution in [0.3, 0.4) is 0 Å². The maximum Gasteiger partial charge on any atom is 0.330 e. The molecule has 0 aliphatic rings. The number of hydrogen-bond donors (Lipinski definition) is 2. The molecule has 1 aromatic carbocycles. The summed E-state index contributed by atoms with van der Waals surface area (Å²) in [6.45, 7) is 0.189. The van der Waals surface area contributed by atoms with Gasteiger partial charge in [-0.05, 0) is 12.1 Å². The molecule has 0 amide bonds. The number of nitrogens with one attached hydrogen (secondary N) is 1. The number of nitrogens with zero attached hydrogens (tertiary/aromatic N) is 1. The molecular weight excluding hydrogens is 262 g/mol. The fourth-order valence-electron chi connectivity index (χ4n) is 1.85. The van der Waals surface area contributed by atoms with Crippen LogP contribution in [0.2, 0.25) is 0 Å². The highest BCUT2D eigenvalue weighted by molar-refractivity contribution is 5.41. The fourth-order valence-corrected chi connectivity index (χ4v) is 1.85. The van der Waals surface area contributed by atoms with Crippen molar-refractivity contribution in [2.45, 2.75) is 6.54 Å². The maximum atomic E-state index is 11.7. The molecule has 2 rings (SSSR count). The van der Waals surface area contributed by atoms with E-state index >= 15 is 0 Å². The number of H-pyrrole nitrogens is 1. The SMILES string of the molecule is COc1ccc(Cn2c(N)cc(=O)[nH]c2=O)c(OC)c1. The van der Waals surface area contributed by atoms with Crippen molar-refractivity contribution in [1.29, 1.82) is 0 Å².